The van der Waals surface area contributed by atoms with Gasteiger partial charge in [0.25, 0.3) is 0 Å². The number of phenols is 1. The van der Waals surface area contributed by atoms with E-state index in [4.69, 9.17) is 0 Å². The van der Waals surface area contributed by atoms with Gasteiger partial charge < -0.3 is 10.4 Å². The second-order valence-corrected chi connectivity index (χ2v) is 9.67. The zero-order valence-electron chi connectivity index (χ0n) is 16.2. The first-order chi connectivity index (χ1) is 13.8. The number of rotatable bonds is 1. The average Bonchev–Trinajstić information content (AvgIpc) is 2.94. The maximum atomic E-state index is 13.4. The maximum Gasteiger partial charge on any atom is 0.192 e. The number of allylic oxidation sites excluding steroid dienone is 3. The van der Waals surface area contributed by atoms with Crippen LogP contribution in [0.25, 0.3) is 5.70 Å². The van der Waals surface area contributed by atoms with Crippen LogP contribution in [0.2, 0.25) is 0 Å². The molecule has 0 fully saturated rings. The van der Waals surface area contributed by atoms with E-state index < -0.39 is 5.92 Å². The number of dihydropyridines is 1. The topological polar surface area (TPSA) is 66.4 Å². The zero-order valence-corrected chi connectivity index (χ0v) is 17.8. The van der Waals surface area contributed by atoms with Crippen LogP contribution in [0.1, 0.15) is 54.1 Å². The predicted octanol–water partition coefficient (Wildman–Crippen LogP) is 5.09. The molecule has 0 saturated carbocycles. The standard InChI is InChI=1S/C24H20BrNO3/c1-24(2)10-16-20(18(28)11-24)19(15-9-12(25)7-8-17(15)27)21-22(26-16)13-5-3-4-6-14(13)23(21)29/h3-9,19,26-27H,10-11H2,1-2H3/t19-/m0/s1. The smallest absolute Gasteiger partial charge is 0.192 e. The zero-order chi connectivity index (χ0) is 20.5. The summed E-state index contributed by atoms with van der Waals surface area (Å²) in [5, 5.41) is 14.1. The molecule has 1 aliphatic heterocycles. The van der Waals surface area contributed by atoms with Crippen molar-refractivity contribution in [2.45, 2.75) is 32.6 Å². The quantitative estimate of drug-likeness (QED) is 0.635. The minimum absolute atomic E-state index is 0.0310. The van der Waals surface area contributed by atoms with Crippen molar-refractivity contribution in [2.75, 3.05) is 0 Å². The first kappa shape index (κ1) is 18.4. The van der Waals surface area contributed by atoms with Crippen LogP contribution in [0.5, 0.6) is 5.75 Å². The lowest BCUT2D eigenvalue weighted by molar-refractivity contribution is -0.118. The van der Waals surface area contributed by atoms with E-state index in [9.17, 15) is 14.7 Å². The highest BCUT2D eigenvalue weighted by Crippen LogP contribution is 2.52. The van der Waals surface area contributed by atoms with E-state index in [0.717, 1.165) is 21.4 Å². The fourth-order valence-corrected chi connectivity index (χ4v) is 5.24. The molecule has 0 radical (unpaired) electrons. The summed E-state index contributed by atoms with van der Waals surface area (Å²) in [6.07, 6.45) is 1.13. The van der Waals surface area contributed by atoms with Crippen LogP contribution in [0.3, 0.4) is 0 Å². The Balaban J connectivity index is 1.79. The molecule has 1 heterocycles. The van der Waals surface area contributed by atoms with Crippen LogP contribution >= 0.6 is 15.9 Å². The number of carbonyl (C=O) groups excluding carboxylic acids is 2. The number of nitrogens with one attached hydrogen (secondary N) is 1. The minimum atomic E-state index is -0.581. The molecule has 146 valence electrons. The molecule has 0 bridgehead atoms. The third-order valence-corrected chi connectivity index (χ3v) is 6.52. The van der Waals surface area contributed by atoms with E-state index in [1.807, 2.05) is 30.3 Å². The fraction of sp³-hybridized carbons (Fsp3) is 0.250. The molecule has 0 unspecified atom stereocenters. The maximum absolute atomic E-state index is 13.4. The van der Waals surface area contributed by atoms with Gasteiger partial charge in [-0.2, -0.15) is 0 Å². The molecule has 4 nitrogen and oxygen atoms in total. The number of benzene rings is 2. The summed E-state index contributed by atoms with van der Waals surface area (Å²) < 4.78 is 0.791. The summed E-state index contributed by atoms with van der Waals surface area (Å²) in [4.78, 5) is 26.7. The van der Waals surface area contributed by atoms with Crippen LogP contribution in [0, 0.1) is 5.41 Å². The molecule has 2 aromatic carbocycles. The summed E-state index contributed by atoms with van der Waals surface area (Å²) in [6.45, 7) is 4.17. The molecule has 0 spiro atoms. The number of carbonyl (C=O) groups is 2. The Labute approximate surface area is 177 Å². The van der Waals surface area contributed by atoms with Crippen molar-refractivity contribution in [3.05, 3.63) is 80.5 Å². The Bertz CT molecular complexity index is 1170. The van der Waals surface area contributed by atoms with Gasteiger partial charge in [0.15, 0.2) is 11.6 Å². The second kappa shape index (κ2) is 6.17. The van der Waals surface area contributed by atoms with E-state index in [1.54, 1.807) is 12.1 Å². The van der Waals surface area contributed by atoms with Crippen LogP contribution in [-0.2, 0) is 4.79 Å². The summed E-state index contributed by atoms with van der Waals surface area (Å²) in [7, 11) is 0. The van der Waals surface area contributed by atoms with Crippen molar-refractivity contribution < 1.29 is 14.7 Å². The Morgan fingerprint density at radius 2 is 1.76 bits per heavy atom. The summed E-state index contributed by atoms with van der Waals surface area (Å²) >= 11 is 3.47. The van der Waals surface area contributed by atoms with Crippen LogP contribution < -0.4 is 5.32 Å². The van der Waals surface area contributed by atoms with Crippen molar-refractivity contribution in [2.24, 2.45) is 5.41 Å². The lowest BCUT2D eigenvalue weighted by Gasteiger charge is -2.39. The van der Waals surface area contributed by atoms with Gasteiger partial charge in [-0.3, -0.25) is 9.59 Å². The molecule has 5 heteroatoms. The van der Waals surface area contributed by atoms with Gasteiger partial charge >= 0.3 is 0 Å². The lowest BCUT2D eigenvalue weighted by Crippen LogP contribution is -2.37. The van der Waals surface area contributed by atoms with Gasteiger partial charge in [0, 0.05) is 50.3 Å². The Morgan fingerprint density at radius 3 is 2.52 bits per heavy atom. The summed E-state index contributed by atoms with van der Waals surface area (Å²) in [5.41, 5.74) is 4.69. The van der Waals surface area contributed by atoms with Crippen molar-refractivity contribution in [1.82, 2.24) is 5.32 Å². The Morgan fingerprint density at radius 1 is 1.03 bits per heavy atom. The SMILES string of the molecule is CC1(C)CC(=O)C2=C(C1)NC1=C(C(=O)c3ccccc31)[C@H]2c1cc(Br)ccc1O. The van der Waals surface area contributed by atoms with E-state index >= 15 is 0 Å². The molecular weight excluding hydrogens is 430 g/mol. The van der Waals surface area contributed by atoms with Gasteiger partial charge in [-0.15, -0.1) is 0 Å². The molecule has 2 N–H and O–H groups in total. The molecule has 2 aliphatic carbocycles. The number of halogens is 1. The molecule has 0 amide bonds. The molecule has 0 aromatic heterocycles. The largest absolute Gasteiger partial charge is 0.508 e. The minimum Gasteiger partial charge on any atom is -0.508 e. The molecule has 29 heavy (non-hydrogen) atoms. The van der Waals surface area contributed by atoms with E-state index in [1.165, 1.54) is 0 Å². The number of hydrogen-bond acceptors (Lipinski definition) is 4. The monoisotopic (exact) mass is 449 g/mol. The normalized spacial score (nSPS) is 22.2. The summed E-state index contributed by atoms with van der Waals surface area (Å²) in [5.74, 6) is -0.553. The third-order valence-electron chi connectivity index (χ3n) is 6.03. The van der Waals surface area contributed by atoms with Gasteiger partial charge in [0.05, 0.1) is 5.70 Å². The highest BCUT2D eigenvalue weighted by atomic mass is 79.9. The molecule has 5 rings (SSSR count). The number of Topliss-reactive ketones (excluding diaryl/α,β-unsaturated/α-hetero) is 2. The number of ketones is 2. The van der Waals surface area contributed by atoms with E-state index in [2.05, 4.69) is 35.1 Å². The number of aromatic hydroxyl groups is 1. The Kier molecular flexibility index (Phi) is 3.91. The first-order valence-electron chi connectivity index (χ1n) is 9.67. The molecule has 2 aromatic rings. The predicted molar refractivity (Wildman–Crippen MR) is 114 cm³/mol. The summed E-state index contributed by atoms with van der Waals surface area (Å²) in [6, 6.07) is 12.7. The fourth-order valence-electron chi connectivity index (χ4n) is 4.86. The highest BCUT2D eigenvalue weighted by molar-refractivity contribution is 9.10. The van der Waals surface area contributed by atoms with Crippen molar-refractivity contribution in [3.8, 4) is 5.75 Å². The third kappa shape index (κ3) is 2.71. The molecule has 1 atom stereocenters. The van der Waals surface area contributed by atoms with Crippen LogP contribution in [0.4, 0.5) is 0 Å². The number of phenolic OH excluding ortho intramolecular Hbond substituents is 1. The molecule has 0 saturated heterocycles. The van der Waals surface area contributed by atoms with Crippen molar-refractivity contribution in [3.63, 3.8) is 0 Å². The molecule has 3 aliphatic rings. The molecular formula is C24H20BrNO3. The lowest BCUT2D eigenvalue weighted by atomic mass is 9.68. The van der Waals surface area contributed by atoms with Gasteiger partial charge in [0.2, 0.25) is 0 Å². The average molecular weight is 450 g/mol. The van der Waals surface area contributed by atoms with Gasteiger partial charge in [0.1, 0.15) is 5.75 Å². The highest BCUT2D eigenvalue weighted by Gasteiger charge is 2.47. The van der Waals surface area contributed by atoms with Crippen molar-refractivity contribution in [1.29, 1.82) is 0 Å². The van der Waals surface area contributed by atoms with E-state index in [-0.39, 0.29) is 22.7 Å². The number of fused-ring (bicyclic) bond motifs is 2. The van der Waals surface area contributed by atoms with Gasteiger partial charge in [-0.25, -0.2) is 0 Å². The van der Waals surface area contributed by atoms with Crippen LogP contribution in [-0.4, -0.2) is 16.7 Å². The van der Waals surface area contributed by atoms with Crippen molar-refractivity contribution >= 4 is 33.2 Å². The van der Waals surface area contributed by atoms with E-state index in [0.29, 0.717) is 35.1 Å². The van der Waals surface area contributed by atoms with Crippen LogP contribution in [0.15, 0.2) is 63.8 Å². The number of hydrogen-bond donors (Lipinski definition) is 2. The Hall–Kier alpha value is -2.66. The second-order valence-electron chi connectivity index (χ2n) is 8.76. The first-order valence-corrected chi connectivity index (χ1v) is 10.5. The van der Waals surface area contributed by atoms with Gasteiger partial charge in [-0.05, 0) is 30.0 Å². The van der Waals surface area contributed by atoms with Gasteiger partial charge in [-0.1, -0.05) is 54.0 Å².